The number of aliphatic hydroxyl groups excluding tert-OH is 1. The molecule has 0 aliphatic carbocycles. The summed E-state index contributed by atoms with van der Waals surface area (Å²) in [6.07, 6.45) is 1.05. The van der Waals surface area contributed by atoms with E-state index in [0.29, 0.717) is 17.5 Å². The van der Waals surface area contributed by atoms with Crippen LogP contribution >= 0.6 is 0 Å². The van der Waals surface area contributed by atoms with Crippen molar-refractivity contribution in [3.8, 4) is 0 Å². The Morgan fingerprint density at radius 2 is 1.96 bits per heavy atom. The number of nitrogens with one attached hydrogen (secondary N) is 1. The molecule has 25 heavy (non-hydrogen) atoms. The number of hydrogen-bond donors (Lipinski definition) is 2. The van der Waals surface area contributed by atoms with E-state index in [1.807, 2.05) is 0 Å². The number of nitrogens with zero attached hydrogens (tertiary/aromatic N) is 2. The Kier molecular flexibility index (Phi) is 3.73. The number of amides is 1. The highest BCUT2D eigenvalue weighted by Gasteiger charge is 2.36. The molecular formula is C18H15F2N3O2. The van der Waals surface area contributed by atoms with Crippen LogP contribution in [0.25, 0.3) is 11.0 Å². The lowest BCUT2D eigenvalue weighted by Gasteiger charge is -2.25. The number of hydrogen-bond acceptors (Lipinski definition) is 3. The smallest absolute Gasteiger partial charge is 0.256 e. The molecule has 0 spiro atoms. The highest BCUT2D eigenvalue weighted by atomic mass is 19.1. The molecule has 1 saturated heterocycles. The number of aliphatic hydroxyl groups is 1. The number of carbonyl (C=O) groups excluding carboxylic acids is 1. The van der Waals surface area contributed by atoms with Crippen molar-refractivity contribution in [2.75, 3.05) is 6.54 Å². The van der Waals surface area contributed by atoms with Gasteiger partial charge in [-0.3, -0.25) is 4.79 Å². The molecule has 2 N–H and O–H groups in total. The molecule has 128 valence electrons. The van der Waals surface area contributed by atoms with Crippen LogP contribution in [0.2, 0.25) is 0 Å². The van der Waals surface area contributed by atoms with Gasteiger partial charge in [-0.1, -0.05) is 12.1 Å². The highest BCUT2D eigenvalue weighted by molar-refractivity contribution is 6.05. The summed E-state index contributed by atoms with van der Waals surface area (Å²) >= 11 is 0. The molecule has 2 aromatic carbocycles. The number of fused-ring (bicyclic) bond motifs is 1. The first kappa shape index (κ1) is 15.7. The van der Waals surface area contributed by atoms with E-state index >= 15 is 0 Å². The van der Waals surface area contributed by atoms with Gasteiger partial charge in [0.1, 0.15) is 17.2 Å². The topological polar surface area (TPSA) is 69.2 Å². The SMILES string of the molecule is O=C(c1cc(F)cc2[nH]cnc12)N1C[C@@H](O)C[C@@H]1c1ccc(F)cc1. The van der Waals surface area contributed by atoms with Crippen molar-refractivity contribution in [3.63, 3.8) is 0 Å². The van der Waals surface area contributed by atoms with E-state index in [-0.39, 0.29) is 17.9 Å². The summed E-state index contributed by atoms with van der Waals surface area (Å²) in [7, 11) is 0. The Bertz CT molecular complexity index is 939. The molecule has 2 atom stereocenters. The van der Waals surface area contributed by atoms with E-state index in [9.17, 15) is 18.7 Å². The Hall–Kier alpha value is -2.80. The summed E-state index contributed by atoms with van der Waals surface area (Å²) < 4.78 is 27.0. The summed E-state index contributed by atoms with van der Waals surface area (Å²) in [4.78, 5) is 21.4. The van der Waals surface area contributed by atoms with Gasteiger partial charge < -0.3 is 15.0 Å². The molecule has 7 heteroatoms. The average molecular weight is 343 g/mol. The number of aromatic amines is 1. The van der Waals surface area contributed by atoms with Crippen molar-refractivity contribution in [2.24, 2.45) is 0 Å². The largest absolute Gasteiger partial charge is 0.391 e. The maximum absolute atomic E-state index is 13.9. The number of halogens is 2. The summed E-state index contributed by atoms with van der Waals surface area (Å²) in [5.74, 6) is -1.33. The van der Waals surface area contributed by atoms with Crippen LogP contribution < -0.4 is 0 Å². The van der Waals surface area contributed by atoms with Crippen molar-refractivity contribution in [1.82, 2.24) is 14.9 Å². The summed E-state index contributed by atoms with van der Waals surface area (Å²) in [6, 6.07) is 7.84. The van der Waals surface area contributed by atoms with Gasteiger partial charge in [0.25, 0.3) is 5.91 Å². The second-order valence-electron chi connectivity index (χ2n) is 6.17. The zero-order valence-corrected chi connectivity index (χ0v) is 13.1. The predicted octanol–water partition coefficient (Wildman–Crippen LogP) is 2.79. The normalized spacial score (nSPS) is 20.4. The van der Waals surface area contributed by atoms with E-state index in [0.717, 1.165) is 11.6 Å². The monoisotopic (exact) mass is 343 g/mol. The predicted molar refractivity (Wildman–Crippen MR) is 86.9 cm³/mol. The zero-order valence-electron chi connectivity index (χ0n) is 13.1. The van der Waals surface area contributed by atoms with E-state index in [1.165, 1.54) is 29.4 Å². The van der Waals surface area contributed by atoms with Crippen LogP contribution in [-0.4, -0.2) is 38.5 Å². The van der Waals surface area contributed by atoms with Crippen molar-refractivity contribution in [2.45, 2.75) is 18.6 Å². The van der Waals surface area contributed by atoms with Crippen LogP contribution in [0.4, 0.5) is 8.78 Å². The highest BCUT2D eigenvalue weighted by Crippen LogP contribution is 2.34. The van der Waals surface area contributed by atoms with Crippen LogP contribution in [0.15, 0.2) is 42.7 Å². The Morgan fingerprint density at radius 1 is 1.20 bits per heavy atom. The van der Waals surface area contributed by atoms with Gasteiger partial charge in [0.15, 0.2) is 0 Å². The number of rotatable bonds is 2. The molecule has 5 nitrogen and oxygen atoms in total. The lowest BCUT2D eigenvalue weighted by atomic mass is 10.0. The molecule has 0 radical (unpaired) electrons. The van der Waals surface area contributed by atoms with Crippen LogP contribution in [-0.2, 0) is 0 Å². The summed E-state index contributed by atoms with van der Waals surface area (Å²) in [6.45, 7) is 0.128. The first-order chi connectivity index (χ1) is 12.0. The molecule has 1 amide bonds. The standard InChI is InChI=1S/C18H15F2N3O2/c19-11-3-1-10(2-4-11)16-7-13(24)8-23(16)18(25)14-5-12(20)6-15-17(14)22-9-21-15/h1-6,9,13,16,24H,7-8H2,(H,21,22)/t13-,16+/m0/s1. The molecule has 1 aliphatic heterocycles. The van der Waals surface area contributed by atoms with E-state index in [2.05, 4.69) is 9.97 Å². The third-order valence-electron chi connectivity index (χ3n) is 4.51. The van der Waals surface area contributed by atoms with Gasteiger partial charge in [0.2, 0.25) is 0 Å². The minimum Gasteiger partial charge on any atom is -0.391 e. The second-order valence-corrected chi connectivity index (χ2v) is 6.17. The lowest BCUT2D eigenvalue weighted by Crippen LogP contribution is -2.32. The van der Waals surface area contributed by atoms with Gasteiger partial charge >= 0.3 is 0 Å². The fraction of sp³-hybridized carbons (Fsp3) is 0.222. The molecule has 3 aromatic rings. The maximum Gasteiger partial charge on any atom is 0.256 e. The van der Waals surface area contributed by atoms with Crippen LogP contribution in [0, 0.1) is 11.6 Å². The fourth-order valence-electron chi connectivity index (χ4n) is 3.37. The third-order valence-corrected chi connectivity index (χ3v) is 4.51. The molecule has 1 fully saturated rings. The quantitative estimate of drug-likeness (QED) is 0.752. The van der Waals surface area contributed by atoms with Crippen molar-refractivity contribution >= 4 is 16.9 Å². The number of benzene rings is 2. The molecule has 2 heterocycles. The summed E-state index contributed by atoms with van der Waals surface area (Å²) in [5.41, 5.74) is 1.67. The van der Waals surface area contributed by atoms with Gasteiger partial charge in [-0.15, -0.1) is 0 Å². The average Bonchev–Trinajstić information content (AvgIpc) is 3.20. The van der Waals surface area contributed by atoms with Crippen LogP contribution in [0.5, 0.6) is 0 Å². The first-order valence-electron chi connectivity index (χ1n) is 7.90. The van der Waals surface area contributed by atoms with Crippen molar-refractivity contribution < 1.29 is 18.7 Å². The van der Waals surface area contributed by atoms with E-state index in [4.69, 9.17) is 0 Å². The molecule has 0 unspecified atom stereocenters. The van der Waals surface area contributed by atoms with Gasteiger partial charge in [-0.25, -0.2) is 13.8 Å². The number of likely N-dealkylation sites (tertiary alicyclic amines) is 1. The minimum absolute atomic E-state index is 0.128. The van der Waals surface area contributed by atoms with E-state index in [1.54, 1.807) is 12.1 Å². The number of H-pyrrole nitrogens is 1. The van der Waals surface area contributed by atoms with Gasteiger partial charge in [0.05, 0.1) is 29.6 Å². The van der Waals surface area contributed by atoms with Crippen molar-refractivity contribution in [1.29, 1.82) is 0 Å². The number of imidazole rings is 1. The van der Waals surface area contributed by atoms with Gasteiger partial charge in [-0.2, -0.15) is 0 Å². The maximum atomic E-state index is 13.9. The van der Waals surface area contributed by atoms with Gasteiger partial charge in [-0.05, 0) is 36.2 Å². The molecule has 1 aliphatic rings. The second kappa shape index (κ2) is 5.93. The van der Waals surface area contributed by atoms with Gasteiger partial charge in [0, 0.05) is 6.54 Å². The Balaban J connectivity index is 1.74. The molecule has 1 aromatic heterocycles. The van der Waals surface area contributed by atoms with Crippen LogP contribution in [0.3, 0.4) is 0 Å². The molecule has 0 saturated carbocycles. The minimum atomic E-state index is -0.692. The van der Waals surface area contributed by atoms with Crippen molar-refractivity contribution in [3.05, 3.63) is 65.5 Å². The Labute approximate surface area is 141 Å². The lowest BCUT2D eigenvalue weighted by molar-refractivity contribution is 0.0717. The Morgan fingerprint density at radius 3 is 2.72 bits per heavy atom. The molecule has 4 rings (SSSR count). The number of carbonyl (C=O) groups is 1. The summed E-state index contributed by atoms with van der Waals surface area (Å²) in [5, 5.41) is 10.0. The van der Waals surface area contributed by atoms with Crippen LogP contribution in [0.1, 0.15) is 28.4 Å². The number of aromatic nitrogens is 2. The fourth-order valence-corrected chi connectivity index (χ4v) is 3.37. The molecule has 0 bridgehead atoms. The third kappa shape index (κ3) is 2.76. The number of β-amino-alcohol motifs (C(OH)–C–C–N with tert-alkyl or cyclic N) is 1. The first-order valence-corrected chi connectivity index (χ1v) is 7.90. The molecular weight excluding hydrogens is 328 g/mol. The zero-order chi connectivity index (χ0) is 17.6. The van der Waals surface area contributed by atoms with E-state index < -0.39 is 23.9 Å².